The molecule has 0 unspecified atom stereocenters. The fraction of sp³-hybridized carbons (Fsp3) is 0.133. The van der Waals surface area contributed by atoms with E-state index in [1.165, 1.54) is 12.7 Å². The van der Waals surface area contributed by atoms with Crippen molar-refractivity contribution < 1.29 is 9.53 Å². The minimum Gasteiger partial charge on any atom is -0.466 e. The summed E-state index contributed by atoms with van der Waals surface area (Å²) in [7, 11) is 1.33. The number of nitrogens with two attached hydrogens (primary N) is 2. The molecule has 1 aromatic rings. The summed E-state index contributed by atoms with van der Waals surface area (Å²) in [5.41, 5.74) is 13.6. The van der Waals surface area contributed by atoms with E-state index in [9.17, 15) is 4.79 Å². The molecule has 0 aliphatic heterocycles. The Labute approximate surface area is 147 Å². The van der Waals surface area contributed by atoms with Gasteiger partial charge < -0.3 is 16.4 Å². The monoisotopic (exact) mass is 348 g/mol. The first-order valence-electron chi connectivity index (χ1n) is 6.52. The first kappa shape index (κ1) is 26.2. The number of hydrogen-bond acceptors (Lipinski definition) is 8. The Morgan fingerprint density at radius 2 is 1.56 bits per heavy atom. The van der Waals surface area contributed by atoms with Crippen LogP contribution in [0.1, 0.15) is 12.5 Å². The molecule has 0 aliphatic carbocycles. The lowest BCUT2D eigenvalue weighted by Gasteiger charge is -1.91. The predicted octanol–water partition coefficient (Wildman–Crippen LogP) is 2.90. The number of hydrazone groups is 2. The summed E-state index contributed by atoms with van der Waals surface area (Å²) in [6, 6.07) is 10.0. The Kier molecular flexibility index (Phi) is 23.7. The van der Waals surface area contributed by atoms with Gasteiger partial charge in [-0.15, -0.1) is 10.2 Å². The van der Waals surface area contributed by atoms with E-state index in [0.29, 0.717) is 5.57 Å². The van der Waals surface area contributed by atoms with Gasteiger partial charge in [0.15, 0.2) is 12.7 Å². The van der Waals surface area contributed by atoms with Crippen molar-refractivity contribution in [1.29, 1.82) is 11.1 Å². The lowest BCUT2D eigenvalue weighted by Crippen LogP contribution is -1.98. The molecule has 0 saturated carbocycles. The SMILES string of the molecule is C=C(C)C(=O)OC.C=Cc1ccccc1.N=NC=NN.N=NC=NN. The number of nitrogens with one attached hydrogen (secondary N) is 2. The van der Waals surface area contributed by atoms with E-state index in [-0.39, 0.29) is 5.97 Å². The molecule has 0 amide bonds. The van der Waals surface area contributed by atoms with Crippen LogP contribution in [0.15, 0.2) is 69.5 Å². The van der Waals surface area contributed by atoms with Crippen molar-refractivity contribution in [3.63, 3.8) is 0 Å². The van der Waals surface area contributed by atoms with Crippen molar-refractivity contribution in [2.45, 2.75) is 6.92 Å². The van der Waals surface area contributed by atoms with Crippen LogP contribution in [0.3, 0.4) is 0 Å². The fourth-order valence-corrected chi connectivity index (χ4v) is 0.830. The van der Waals surface area contributed by atoms with Crippen LogP contribution < -0.4 is 11.7 Å². The zero-order valence-electron chi connectivity index (χ0n) is 14.3. The van der Waals surface area contributed by atoms with E-state index in [0.717, 1.165) is 12.7 Å². The summed E-state index contributed by atoms with van der Waals surface area (Å²) >= 11 is 0. The molecule has 1 aromatic carbocycles. The summed E-state index contributed by atoms with van der Waals surface area (Å²) in [5.74, 6) is 8.64. The number of benzene rings is 1. The van der Waals surface area contributed by atoms with Crippen molar-refractivity contribution in [2.75, 3.05) is 7.11 Å². The molecular weight excluding hydrogens is 324 g/mol. The molecule has 25 heavy (non-hydrogen) atoms. The third-order valence-electron chi connectivity index (χ3n) is 1.82. The Balaban J connectivity index is -0.000000265. The molecule has 0 fully saturated rings. The highest BCUT2D eigenvalue weighted by molar-refractivity contribution is 5.86. The molecule has 0 bridgehead atoms. The molecule has 10 nitrogen and oxygen atoms in total. The summed E-state index contributed by atoms with van der Waals surface area (Å²) in [6.07, 6.45) is 3.72. The largest absolute Gasteiger partial charge is 0.466 e. The normalized spacial score (nSPS) is 8.40. The molecule has 0 radical (unpaired) electrons. The van der Waals surface area contributed by atoms with Crippen molar-refractivity contribution >= 4 is 24.7 Å². The van der Waals surface area contributed by atoms with Crippen LogP contribution in [0.25, 0.3) is 6.08 Å². The number of nitrogens with zero attached hydrogens (tertiary/aromatic N) is 4. The predicted molar refractivity (Wildman–Crippen MR) is 99.0 cm³/mol. The molecule has 0 spiro atoms. The molecule has 10 heteroatoms. The third kappa shape index (κ3) is 25.6. The van der Waals surface area contributed by atoms with Crippen LogP contribution >= 0.6 is 0 Å². The zero-order chi connectivity index (χ0) is 19.9. The van der Waals surface area contributed by atoms with E-state index >= 15 is 0 Å². The Bertz CT molecular complexity index is 540. The van der Waals surface area contributed by atoms with Gasteiger partial charge >= 0.3 is 5.97 Å². The summed E-state index contributed by atoms with van der Waals surface area (Å²) < 4.78 is 4.27. The van der Waals surface area contributed by atoms with Gasteiger partial charge in [-0.1, -0.05) is 49.6 Å². The van der Waals surface area contributed by atoms with Gasteiger partial charge in [-0.05, 0) is 12.5 Å². The van der Waals surface area contributed by atoms with Gasteiger partial charge in [-0.3, -0.25) is 0 Å². The molecular formula is C15H24N8O2. The first-order valence-corrected chi connectivity index (χ1v) is 6.52. The highest BCUT2D eigenvalue weighted by atomic mass is 16.5. The fourth-order valence-electron chi connectivity index (χ4n) is 0.830. The van der Waals surface area contributed by atoms with E-state index in [1.807, 2.05) is 36.4 Å². The number of esters is 1. The van der Waals surface area contributed by atoms with E-state index < -0.39 is 0 Å². The van der Waals surface area contributed by atoms with Gasteiger partial charge in [-0.2, -0.15) is 10.2 Å². The molecule has 6 N–H and O–H groups in total. The molecule has 0 saturated heterocycles. The Morgan fingerprint density at radius 3 is 1.68 bits per heavy atom. The lowest BCUT2D eigenvalue weighted by atomic mass is 10.2. The average molecular weight is 348 g/mol. The summed E-state index contributed by atoms with van der Waals surface area (Å²) in [4.78, 5) is 10.2. The van der Waals surface area contributed by atoms with Crippen molar-refractivity contribution in [1.82, 2.24) is 0 Å². The van der Waals surface area contributed by atoms with E-state index in [1.54, 1.807) is 6.92 Å². The summed E-state index contributed by atoms with van der Waals surface area (Å²) in [6.45, 7) is 8.59. The molecule has 136 valence electrons. The summed E-state index contributed by atoms with van der Waals surface area (Å²) in [5, 5.41) is 11.1. The second-order valence-corrected chi connectivity index (χ2v) is 3.67. The van der Waals surface area contributed by atoms with E-state index in [2.05, 4.69) is 50.0 Å². The van der Waals surface area contributed by atoms with Gasteiger partial charge in [0, 0.05) is 5.57 Å². The van der Waals surface area contributed by atoms with Crippen molar-refractivity contribution in [3.8, 4) is 0 Å². The second kappa shape index (κ2) is 22.6. The van der Waals surface area contributed by atoms with Gasteiger partial charge in [0.1, 0.15) is 0 Å². The first-order chi connectivity index (χ1) is 11.9. The van der Waals surface area contributed by atoms with Gasteiger partial charge in [0.05, 0.1) is 7.11 Å². The van der Waals surface area contributed by atoms with Crippen molar-refractivity contribution in [3.05, 3.63) is 54.6 Å². The molecule has 0 aromatic heterocycles. The third-order valence-corrected chi connectivity index (χ3v) is 1.82. The van der Waals surface area contributed by atoms with Gasteiger partial charge in [0.25, 0.3) is 0 Å². The Hall–Kier alpha value is -3.69. The molecule has 0 aliphatic rings. The topological polar surface area (TPSA) is 175 Å². The minimum atomic E-state index is -0.347. The maximum Gasteiger partial charge on any atom is 0.332 e. The van der Waals surface area contributed by atoms with Crippen LogP contribution in [0.5, 0.6) is 0 Å². The van der Waals surface area contributed by atoms with Crippen LogP contribution in [0.2, 0.25) is 0 Å². The highest BCUT2D eigenvalue weighted by Gasteiger charge is 1.95. The number of ether oxygens (including phenoxy) is 1. The number of methoxy groups -OCH3 is 1. The van der Waals surface area contributed by atoms with E-state index in [4.69, 9.17) is 11.1 Å². The maximum absolute atomic E-state index is 10.2. The number of hydrogen-bond donors (Lipinski definition) is 4. The highest BCUT2D eigenvalue weighted by Crippen LogP contribution is 1.97. The number of rotatable bonds is 4. The van der Waals surface area contributed by atoms with Crippen LogP contribution in [-0.4, -0.2) is 25.8 Å². The van der Waals surface area contributed by atoms with Crippen LogP contribution in [0, 0.1) is 11.1 Å². The quantitative estimate of drug-likeness (QED) is 0.124. The standard InChI is InChI=1S/C8H8.C5H8O2.2CH4N4/c1-2-8-6-4-3-5-7-8;1-4(2)5(6)7-3;2*2-4-1-5-3/h2-7H,1H2;1H2,2-3H3;2*1-2H,3H2. The number of carbonyl (C=O) groups excluding carboxylic acids is 1. The van der Waals surface area contributed by atoms with Gasteiger partial charge in [0.2, 0.25) is 0 Å². The van der Waals surface area contributed by atoms with Crippen LogP contribution in [-0.2, 0) is 9.53 Å². The molecule has 1 rings (SSSR count). The lowest BCUT2D eigenvalue weighted by molar-refractivity contribution is -0.136. The van der Waals surface area contributed by atoms with Crippen molar-refractivity contribution in [2.24, 2.45) is 32.1 Å². The van der Waals surface area contributed by atoms with Gasteiger partial charge in [-0.25, -0.2) is 15.9 Å². The minimum absolute atomic E-state index is 0.347. The zero-order valence-corrected chi connectivity index (χ0v) is 14.3. The maximum atomic E-state index is 10.2. The van der Waals surface area contributed by atoms with Crippen LogP contribution in [0.4, 0.5) is 0 Å². The average Bonchev–Trinajstić information content (AvgIpc) is 2.64. The number of carbonyl (C=O) groups is 1. The molecule has 0 atom stereocenters. The smallest absolute Gasteiger partial charge is 0.332 e. The Morgan fingerprint density at radius 1 is 1.12 bits per heavy atom. The molecule has 0 heterocycles. The second-order valence-electron chi connectivity index (χ2n) is 3.67.